The van der Waals surface area contributed by atoms with Crippen molar-refractivity contribution in [3.63, 3.8) is 0 Å². The summed E-state index contributed by atoms with van der Waals surface area (Å²) in [6, 6.07) is 0. The molecule has 0 aromatic heterocycles. The van der Waals surface area contributed by atoms with Crippen molar-refractivity contribution in [3.8, 4) is 0 Å². The van der Waals surface area contributed by atoms with Crippen LogP contribution in [0.1, 0.15) is 55.4 Å². The van der Waals surface area contributed by atoms with E-state index in [1.165, 1.54) is 0 Å². The van der Waals surface area contributed by atoms with Gasteiger partial charge in [0.1, 0.15) is 0 Å². The third kappa shape index (κ3) is 6.38. The predicted molar refractivity (Wildman–Crippen MR) is 118 cm³/mol. The van der Waals surface area contributed by atoms with Gasteiger partial charge in [-0.2, -0.15) is 0 Å². The molecule has 2 saturated heterocycles. The molecular weight excluding hydrogens is 400 g/mol. The fraction of sp³-hybridized carbons (Fsp3) is 0.909. The van der Waals surface area contributed by atoms with Crippen molar-refractivity contribution in [2.24, 2.45) is 0 Å². The Morgan fingerprint density at radius 1 is 0.581 bits per heavy atom. The van der Waals surface area contributed by atoms with Crippen molar-refractivity contribution < 1.29 is 23.8 Å². The molecule has 0 aromatic carbocycles. The molecule has 180 valence electrons. The van der Waals surface area contributed by atoms with E-state index in [9.17, 15) is 9.59 Å². The molecule has 0 atom stereocenters. The zero-order valence-corrected chi connectivity index (χ0v) is 20.6. The average Bonchev–Trinajstić information content (AvgIpc) is 2.88. The van der Waals surface area contributed by atoms with Gasteiger partial charge in [0, 0.05) is 13.1 Å². The first kappa shape index (κ1) is 26.0. The zero-order chi connectivity index (χ0) is 23.5. The number of nitrogens with one attached hydrogen (secondary N) is 2. The van der Waals surface area contributed by atoms with E-state index >= 15 is 0 Å². The summed E-state index contributed by atoms with van der Waals surface area (Å²) in [5.41, 5.74) is -1.84. The van der Waals surface area contributed by atoms with Crippen LogP contribution >= 0.6 is 0 Å². The summed E-state index contributed by atoms with van der Waals surface area (Å²) in [4.78, 5) is 28.5. The highest BCUT2D eigenvalue weighted by molar-refractivity contribution is 5.89. The summed E-state index contributed by atoms with van der Waals surface area (Å²) < 4.78 is 16.8. The second-order valence-corrected chi connectivity index (χ2v) is 10.4. The molecular formula is C22H42N4O5. The Morgan fingerprint density at radius 2 is 0.871 bits per heavy atom. The largest absolute Gasteiger partial charge is 0.377 e. The smallest absolute Gasteiger partial charge is 0.243 e. The van der Waals surface area contributed by atoms with Gasteiger partial charge in [-0.1, -0.05) is 0 Å². The van der Waals surface area contributed by atoms with E-state index < -0.39 is 11.1 Å². The lowest BCUT2D eigenvalue weighted by Gasteiger charge is -2.31. The lowest BCUT2D eigenvalue weighted by Crippen LogP contribution is -2.49. The first-order valence-electron chi connectivity index (χ1n) is 11.2. The number of amides is 2. The van der Waals surface area contributed by atoms with E-state index in [0.717, 1.165) is 0 Å². The molecule has 31 heavy (non-hydrogen) atoms. The van der Waals surface area contributed by atoms with E-state index in [0.29, 0.717) is 52.7 Å². The Bertz CT molecular complexity index is 594. The Hall–Kier alpha value is -1.26. The van der Waals surface area contributed by atoms with Crippen molar-refractivity contribution in [1.82, 2.24) is 20.4 Å². The maximum atomic E-state index is 12.4. The van der Waals surface area contributed by atoms with Gasteiger partial charge in [-0.3, -0.25) is 20.2 Å². The van der Waals surface area contributed by atoms with Crippen LogP contribution in [0.4, 0.5) is 0 Å². The van der Waals surface area contributed by atoms with Gasteiger partial charge in [-0.25, -0.2) is 0 Å². The summed E-state index contributed by atoms with van der Waals surface area (Å²) in [5.74, 6) is 0.181. The first-order valence-corrected chi connectivity index (χ1v) is 11.2. The topological polar surface area (TPSA) is 92.4 Å². The highest BCUT2D eigenvalue weighted by Crippen LogP contribution is 2.28. The molecule has 2 heterocycles. The Balaban J connectivity index is 1.50. The van der Waals surface area contributed by atoms with Crippen molar-refractivity contribution in [2.45, 2.75) is 77.8 Å². The summed E-state index contributed by atoms with van der Waals surface area (Å²) in [6.07, 6.45) is 0. The van der Waals surface area contributed by atoms with Gasteiger partial charge in [0.05, 0.1) is 62.0 Å². The van der Waals surface area contributed by atoms with Crippen LogP contribution in [-0.2, 0) is 23.8 Å². The number of carbonyl (C=O) groups is 2. The SMILES string of the molecule is CC1(C)NC(C)(C)N(CCOCCOCCOCCN2C(=O)C(C)(C)NC2(C)C)C1=O. The number of nitrogens with zero attached hydrogens (tertiary/aromatic N) is 2. The molecule has 0 aromatic rings. The second kappa shape index (κ2) is 9.70. The van der Waals surface area contributed by atoms with E-state index in [2.05, 4.69) is 10.6 Å². The molecule has 0 radical (unpaired) electrons. The summed E-state index contributed by atoms with van der Waals surface area (Å²) in [5, 5.41) is 6.68. The molecule has 2 N–H and O–H groups in total. The molecule has 2 fully saturated rings. The van der Waals surface area contributed by atoms with Crippen LogP contribution in [0.15, 0.2) is 0 Å². The minimum absolute atomic E-state index is 0.0906. The van der Waals surface area contributed by atoms with Gasteiger partial charge in [-0.15, -0.1) is 0 Å². The molecule has 0 unspecified atom stereocenters. The molecule has 2 aliphatic heterocycles. The Labute approximate surface area is 187 Å². The van der Waals surface area contributed by atoms with E-state index in [1.54, 1.807) is 0 Å². The van der Waals surface area contributed by atoms with Crippen LogP contribution < -0.4 is 10.6 Å². The first-order chi connectivity index (χ1) is 14.2. The Morgan fingerprint density at radius 3 is 1.13 bits per heavy atom. The number of carbonyl (C=O) groups excluding carboxylic acids is 2. The lowest BCUT2D eigenvalue weighted by molar-refractivity contribution is -0.135. The maximum Gasteiger partial charge on any atom is 0.243 e. The van der Waals surface area contributed by atoms with Crippen LogP contribution in [0.5, 0.6) is 0 Å². The van der Waals surface area contributed by atoms with Gasteiger partial charge in [0.2, 0.25) is 11.8 Å². The third-order valence-electron chi connectivity index (χ3n) is 5.81. The summed E-state index contributed by atoms with van der Waals surface area (Å²) >= 11 is 0. The van der Waals surface area contributed by atoms with Gasteiger partial charge >= 0.3 is 0 Å². The van der Waals surface area contributed by atoms with Crippen LogP contribution in [0.3, 0.4) is 0 Å². The minimum atomic E-state index is -0.544. The van der Waals surface area contributed by atoms with Gasteiger partial charge in [0.15, 0.2) is 0 Å². The maximum absolute atomic E-state index is 12.4. The Kier molecular flexibility index (Phi) is 8.14. The number of ether oxygens (including phenoxy) is 3. The minimum Gasteiger partial charge on any atom is -0.377 e. The quantitative estimate of drug-likeness (QED) is 0.435. The number of hydrogen-bond acceptors (Lipinski definition) is 7. The highest BCUT2D eigenvalue weighted by atomic mass is 16.5. The number of hydrogen-bond donors (Lipinski definition) is 2. The molecule has 0 bridgehead atoms. The molecule has 0 aliphatic carbocycles. The zero-order valence-electron chi connectivity index (χ0n) is 20.6. The molecule has 9 nitrogen and oxygen atoms in total. The van der Waals surface area contributed by atoms with Crippen LogP contribution in [0.2, 0.25) is 0 Å². The summed E-state index contributed by atoms with van der Waals surface area (Å²) in [7, 11) is 0. The van der Waals surface area contributed by atoms with Gasteiger partial charge in [-0.05, 0) is 55.4 Å². The highest BCUT2D eigenvalue weighted by Gasteiger charge is 2.49. The molecule has 0 spiro atoms. The van der Waals surface area contributed by atoms with Crippen LogP contribution in [0.25, 0.3) is 0 Å². The van der Waals surface area contributed by atoms with E-state index in [1.807, 2.05) is 65.2 Å². The number of rotatable bonds is 12. The molecule has 9 heteroatoms. The van der Waals surface area contributed by atoms with Crippen molar-refractivity contribution in [2.75, 3.05) is 52.7 Å². The molecule has 2 rings (SSSR count). The molecule has 2 amide bonds. The van der Waals surface area contributed by atoms with Crippen molar-refractivity contribution in [3.05, 3.63) is 0 Å². The fourth-order valence-electron chi connectivity index (χ4n) is 4.57. The second-order valence-electron chi connectivity index (χ2n) is 10.4. The van der Waals surface area contributed by atoms with Crippen LogP contribution in [0, 0.1) is 0 Å². The van der Waals surface area contributed by atoms with E-state index in [4.69, 9.17) is 14.2 Å². The summed E-state index contributed by atoms with van der Waals surface area (Å²) in [6.45, 7) is 19.5. The normalized spacial score (nSPS) is 23.7. The van der Waals surface area contributed by atoms with E-state index in [-0.39, 0.29) is 23.1 Å². The van der Waals surface area contributed by atoms with Crippen molar-refractivity contribution in [1.29, 1.82) is 0 Å². The van der Waals surface area contributed by atoms with Gasteiger partial charge in [0.25, 0.3) is 0 Å². The lowest BCUT2D eigenvalue weighted by atomic mass is 10.1. The fourth-order valence-corrected chi connectivity index (χ4v) is 4.57. The standard InChI is InChI=1S/C22H42N4O5/c1-19(2)17(27)25(21(5,6)23-19)9-11-29-13-15-31-16-14-30-12-10-26-18(28)20(3,4)24-22(26,7)8/h23-24H,9-16H2,1-8H3. The molecule has 0 saturated carbocycles. The van der Waals surface area contributed by atoms with Crippen molar-refractivity contribution >= 4 is 11.8 Å². The van der Waals surface area contributed by atoms with Crippen LogP contribution in [-0.4, -0.2) is 96.7 Å². The van der Waals surface area contributed by atoms with Gasteiger partial charge < -0.3 is 24.0 Å². The monoisotopic (exact) mass is 442 g/mol. The average molecular weight is 443 g/mol. The third-order valence-corrected chi connectivity index (χ3v) is 5.81. The molecule has 2 aliphatic rings. The predicted octanol–water partition coefficient (Wildman–Crippen LogP) is 0.929.